The van der Waals surface area contributed by atoms with E-state index in [4.69, 9.17) is 14.6 Å². The van der Waals surface area contributed by atoms with Gasteiger partial charge < -0.3 is 19.5 Å². The van der Waals surface area contributed by atoms with Gasteiger partial charge in [-0.1, -0.05) is 6.07 Å². The van der Waals surface area contributed by atoms with E-state index in [1.165, 1.54) is 12.3 Å². The van der Waals surface area contributed by atoms with Gasteiger partial charge in [-0.2, -0.15) is 0 Å². The fraction of sp³-hybridized carbons (Fsp3) is 0.316. The molecular formula is C19H18N2O5. The third kappa shape index (κ3) is 2.96. The number of hydrogen-bond donors (Lipinski definition) is 1. The van der Waals surface area contributed by atoms with Crippen molar-refractivity contribution >= 4 is 11.9 Å². The number of hydrogen-bond acceptors (Lipinski definition) is 5. The summed E-state index contributed by atoms with van der Waals surface area (Å²) in [5, 5.41) is 9.09. The van der Waals surface area contributed by atoms with Crippen molar-refractivity contribution in [2.24, 2.45) is 0 Å². The molecule has 134 valence electrons. The van der Waals surface area contributed by atoms with Gasteiger partial charge in [0.2, 0.25) is 0 Å². The van der Waals surface area contributed by atoms with Crippen LogP contribution < -0.4 is 9.47 Å². The minimum atomic E-state index is -1.15. The van der Waals surface area contributed by atoms with Gasteiger partial charge in [-0.25, -0.2) is 9.78 Å². The number of aromatic nitrogens is 1. The largest absolute Gasteiger partial charge is 0.486 e. The molecule has 1 atom stereocenters. The summed E-state index contributed by atoms with van der Waals surface area (Å²) in [7, 11) is 0. The van der Waals surface area contributed by atoms with E-state index in [9.17, 15) is 9.59 Å². The van der Waals surface area contributed by atoms with E-state index >= 15 is 0 Å². The Labute approximate surface area is 150 Å². The molecule has 2 aliphatic rings. The Morgan fingerprint density at radius 2 is 1.92 bits per heavy atom. The molecule has 4 rings (SSSR count). The van der Waals surface area contributed by atoms with Crippen molar-refractivity contribution in [2.45, 2.75) is 18.9 Å². The van der Waals surface area contributed by atoms with Gasteiger partial charge in [-0.05, 0) is 42.7 Å². The average Bonchev–Trinajstić information content (AvgIpc) is 3.17. The fourth-order valence-corrected chi connectivity index (χ4v) is 3.47. The molecule has 1 aromatic carbocycles. The standard InChI is InChI=1S/C19H18N2O5/c22-18(13-5-6-20-14(10-13)19(23)24)21-7-1-2-15(21)12-3-4-16-17(11-12)26-9-8-25-16/h3-6,10-11,15H,1-2,7-9H2,(H,23,24). The Balaban J connectivity index is 1.61. The number of fused-ring (bicyclic) bond motifs is 1. The molecule has 1 aromatic heterocycles. The van der Waals surface area contributed by atoms with Crippen molar-refractivity contribution in [2.75, 3.05) is 19.8 Å². The van der Waals surface area contributed by atoms with Gasteiger partial charge in [0.15, 0.2) is 11.5 Å². The zero-order valence-electron chi connectivity index (χ0n) is 14.1. The zero-order chi connectivity index (χ0) is 18.1. The van der Waals surface area contributed by atoms with E-state index in [1.54, 1.807) is 11.0 Å². The number of carbonyl (C=O) groups excluding carboxylic acids is 1. The fourth-order valence-electron chi connectivity index (χ4n) is 3.47. The topological polar surface area (TPSA) is 89.0 Å². The molecular weight excluding hydrogens is 336 g/mol. The maximum atomic E-state index is 12.9. The summed E-state index contributed by atoms with van der Waals surface area (Å²) >= 11 is 0. The van der Waals surface area contributed by atoms with E-state index in [0.29, 0.717) is 31.1 Å². The quantitative estimate of drug-likeness (QED) is 0.911. The minimum Gasteiger partial charge on any atom is -0.486 e. The zero-order valence-corrected chi connectivity index (χ0v) is 14.1. The highest BCUT2D eigenvalue weighted by Crippen LogP contribution is 2.38. The van der Waals surface area contributed by atoms with Crippen molar-refractivity contribution in [3.63, 3.8) is 0 Å². The highest BCUT2D eigenvalue weighted by molar-refractivity contribution is 5.97. The molecule has 1 N–H and O–H groups in total. The van der Waals surface area contributed by atoms with Crippen LogP contribution in [0.15, 0.2) is 36.5 Å². The van der Waals surface area contributed by atoms with Gasteiger partial charge in [0.1, 0.15) is 18.9 Å². The van der Waals surface area contributed by atoms with Crippen molar-refractivity contribution in [3.8, 4) is 11.5 Å². The number of nitrogens with zero attached hydrogens (tertiary/aromatic N) is 2. The van der Waals surface area contributed by atoms with Crippen molar-refractivity contribution in [3.05, 3.63) is 53.3 Å². The van der Waals surface area contributed by atoms with Crippen LogP contribution in [0.1, 0.15) is 45.3 Å². The van der Waals surface area contributed by atoms with Gasteiger partial charge in [0.05, 0.1) is 6.04 Å². The smallest absolute Gasteiger partial charge is 0.354 e. The number of carboxylic acids is 1. The molecule has 1 fully saturated rings. The highest BCUT2D eigenvalue weighted by atomic mass is 16.6. The second-order valence-electron chi connectivity index (χ2n) is 6.29. The number of rotatable bonds is 3. The number of aromatic carboxylic acids is 1. The first-order chi connectivity index (χ1) is 12.6. The second-order valence-corrected chi connectivity index (χ2v) is 6.29. The Morgan fingerprint density at radius 1 is 1.12 bits per heavy atom. The summed E-state index contributed by atoms with van der Waals surface area (Å²) in [6.45, 7) is 1.68. The van der Waals surface area contributed by atoms with Gasteiger partial charge >= 0.3 is 5.97 Å². The summed E-state index contributed by atoms with van der Waals surface area (Å²) < 4.78 is 11.2. The average molecular weight is 354 g/mol. The normalized spacial score (nSPS) is 18.6. The van der Waals surface area contributed by atoms with Crippen LogP contribution in [0.4, 0.5) is 0 Å². The molecule has 7 heteroatoms. The number of pyridine rings is 1. The Hall–Kier alpha value is -3.09. The van der Waals surface area contributed by atoms with Crippen LogP contribution in [0.2, 0.25) is 0 Å². The maximum absolute atomic E-state index is 12.9. The number of amides is 1. The number of ether oxygens (including phenoxy) is 2. The molecule has 0 radical (unpaired) electrons. The van der Waals surface area contributed by atoms with Crippen LogP contribution in [-0.4, -0.2) is 46.6 Å². The number of benzene rings is 1. The van der Waals surface area contributed by atoms with Crippen molar-refractivity contribution < 1.29 is 24.2 Å². The summed E-state index contributed by atoms with van der Waals surface area (Å²) in [6.07, 6.45) is 3.09. The summed E-state index contributed by atoms with van der Waals surface area (Å²) in [5.41, 5.74) is 1.19. The molecule has 2 aliphatic heterocycles. The number of carbonyl (C=O) groups is 2. The van der Waals surface area contributed by atoms with Gasteiger partial charge in [0, 0.05) is 18.3 Å². The molecule has 0 bridgehead atoms. The molecule has 1 saturated heterocycles. The maximum Gasteiger partial charge on any atom is 0.354 e. The molecule has 0 aliphatic carbocycles. The lowest BCUT2D eigenvalue weighted by atomic mass is 10.0. The molecule has 1 unspecified atom stereocenters. The third-order valence-corrected chi connectivity index (χ3v) is 4.69. The van der Waals surface area contributed by atoms with Gasteiger partial charge in [0.25, 0.3) is 5.91 Å². The van der Waals surface area contributed by atoms with Crippen molar-refractivity contribution in [1.82, 2.24) is 9.88 Å². The summed E-state index contributed by atoms with van der Waals surface area (Å²) in [5.74, 6) is 0.0815. The van der Waals surface area contributed by atoms with Crippen LogP contribution in [0.3, 0.4) is 0 Å². The van der Waals surface area contributed by atoms with Gasteiger partial charge in [-0.15, -0.1) is 0 Å². The lowest BCUT2D eigenvalue weighted by molar-refractivity contribution is 0.0690. The third-order valence-electron chi connectivity index (χ3n) is 4.69. The first-order valence-electron chi connectivity index (χ1n) is 8.53. The van der Waals surface area contributed by atoms with E-state index in [2.05, 4.69) is 4.98 Å². The first-order valence-corrected chi connectivity index (χ1v) is 8.53. The van der Waals surface area contributed by atoms with Crippen LogP contribution >= 0.6 is 0 Å². The van der Waals surface area contributed by atoms with Crippen LogP contribution in [0.5, 0.6) is 11.5 Å². The Bertz CT molecular complexity index is 867. The SMILES string of the molecule is O=C(O)c1cc(C(=O)N2CCCC2c2ccc3c(c2)OCCO3)ccn1. The minimum absolute atomic E-state index is 0.0697. The van der Waals surface area contributed by atoms with Crippen molar-refractivity contribution in [1.29, 1.82) is 0 Å². The van der Waals surface area contributed by atoms with Crippen LogP contribution in [0, 0.1) is 0 Å². The summed E-state index contributed by atoms with van der Waals surface area (Å²) in [4.78, 5) is 29.6. The molecule has 1 amide bonds. The predicted molar refractivity (Wildman–Crippen MR) is 91.6 cm³/mol. The van der Waals surface area contributed by atoms with Gasteiger partial charge in [-0.3, -0.25) is 4.79 Å². The number of likely N-dealkylation sites (tertiary alicyclic amines) is 1. The van der Waals surface area contributed by atoms with E-state index < -0.39 is 5.97 Å². The lowest BCUT2D eigenvalue weighted by Crippen LogP contribution is -2.31. The Morgan fingerprint density at radius 3 is 2.73 bits per heavy atom. The predicted octanol–water partition coefficient (Wildman–Crippen LogP) is 2.53. The highest BCUT2D eigenvalue weighted by Gasteiger charge is 2.31. The summed E-state index contributed by atoms with van der Waals surface area (Å²) in [6, 6.07) is 8.57. The molecule has 0 saturated carbocycles. The van der Waals surface area contributed by atoms with Crippen LogP contribution in [-0.2, 0) is 0 Å². The first kappa shape index (κ1) is 16.4. The second kappa shape index (κ2) is 6.67. The lowest BCUT2D eigenvalue weighted by Gasteiger charge is -2.27. The molecule has 0 spiro atoms. The Kier molecular flexibility index (Phi) is 4.20. The molecule has 26 heavy (non-hydrogen) atoms. The molecule has 2 aromatic rings. The van der Waals surface area contributed by atoms with Crippen LogP contribution in [0.25, 0.3) is 0 Å². The molecule has 3 heterocycles. The molecule has 7 nitrogen and oxygen atoms in total. The monoisotopic (exact) mass is 354 g/mol. The van der Waals surface area contributed by atoms with E-state index in [0.717, 1.165) is 24.2 Å². The van der Waals surface area contributed by atoms with E-state index in [-0.39, 0.29) is 17.6 Å². The van der Waals surface area contributed by atoms with E-state index in [1.807, 2.05) is 18.2 Å². The number of carboxylic acid groups (broad SMARTS) is 1.